The maximum atomic E-state index is 5.65. The summed E-state index contributed by atoms with van der Waals surface area (Å²) in [6.07, 6.45) is 0. The molecule has 8 aromatic carbocycles. The highest BCUT2D eigenvalue weighted by Gasteiger charge is 2.53. The third-order valence-corrected chi connectivity index (χ3v) is 12.0. The number of hydrogen-bond donors (Lipinski definition) is 0. The summed E-state index contributed by atoms with van der Waals surface area (Å²) in [5, 5.41) is 2.41. The molecule has 0 N–H and O–H groups in total. The Bertz CT molecular complexity index is 3130. The lowest BCUT2D eigenvalue weighted by atomic mass is 9.69. The Hall–Kier alpha value is -7.36. The third-order valence-electron chi connectivity index (χ3n) is 12.0. The number of para-hydroxylation sites is 3. The molecule has 3 nitrogen and oxygen atoms in total. The second kappa shape index (κ2) is 11.8. The van der Waals surface area contributed by atoms with Gasteiger partial charge in [-0.05, 0) is 68.6 Å². The zero-order valence-electron chi connectivity index (χ0n) is 30.4. The van der Waals surface area contributed by atoms with Crippen LogP contribution in [0.15, 0.2) is 200 Å². The van der Waals surface area contributed by atoms with Gasteiger partial charge in [0, 0.05) is 33.3 Å². The highest BCUT2D eigenvalue weighted by Crippen LogP contribution is 2.64. The van der Waals surface area contributed by atoms with Crippen LogP contribution in [-0.4, -0.2) is 14.5 Å². The van der Waals surface area contributed by atoms with Crippen LogP contribution in [-0.2, 0) is 5.41 Å². The summed E-state index contributed by atoms with van der Waals surface area (Å²) in [7, 11) is 0. The predicted octanol–water partition coefficient (Wildman–Crippen LogP) is 12.9. The Morgan fingerprint density at radius 3 is 1.54 bits per heavy atom. The monoisotopic (exact) mass is 711 g/mol. The molecule has 12 rings (SSSR count). The quantitative estimate of drug-likeness (QED) is 0.182. The summed E-state index contributed by atoms with van der Waals surface area (Å²) in [5.41, 5.74) is 18.4. The third kappa shape index (κ3) is 4.22. The van der Waals surface area contributed by atoms with E-state index in [-0.39, 0.29) is 0 Å². The van der Waals surface area contributed by atoms with Crippen LogP contribution in [0, 0.1) is 0 Å². The second-order valence-corrected chi connectivity index (χ2v) is 14.9. The van der Waals surface area contributed by atoms with Crippen molar-refractivity contribution in [2.24, 2.45) is 0 Å². The molecular formula is C53H33N3. The molecule has 0 fully saturated rings. The summed E-state index contributed by atoms with van der Waals surface area (Å²) < 4.78 is 2.25. The van der Waals surface area contributed by atoms with Crippen molar-refractivity contribution in [3.8, 4) is 61.8 Å². The average molecular weight is 712 g/mol. The first kappa shape index (κ1) is 31.0. The molecule has 56 heavy (non-hydrogen) atoms. The molecule has 2 aliphatic rings. The van der Waals surface area contributed by atoms with Crippen molar-refractivity contribution in [1.82, 2.24) is 14.5 Å². The fourth-order valence-corrected chi connectivity index (χ4v) is 9.69. The Morgan fingerprint density at radius 2 is 0.857 bits per heavy atom. The second-order valence-electron chi connectivity index (χ2n) is 14.9. The molecule has 1 spiro atoms. The van der Waals surface area contributed by atoms with Crippen LogP contribution in [0.2, 0.25) is 0 Å². The van der Waals surface area contributed by atoms with E-state index in [2.05, 4.69) is 193 Å². The van der Waals surface area contributed by atoms with E-state index >= 15 is 0 Å². The van der Waals surface area contributed by atoms with Crippen molar-refractivity contribution >= 4 is 21.8 Å². The molecule has 0 bridgehead atoms. The topological polar surface area (TPSA) is 30.7 Å². The largest absolute Gasteiger partial charge is 0.292 e. The van der Waals surface area contributed by atoms with E-state index in [9.17, 15) is 0 Å². The first-order valence-corrected chi connectivity index (χ1v) is 19.3. The lowest BCUT2D eigenvalue weighted by molar-refractivity contribution is 0.799. The molecule has 0 amide bonds. The van der Waals surface area contributed by atoms with E-state index in [0.29, 0.717) is 0 Å². The van der Waals surface area contributed by atoms with E-state index in [0.717, 1.165) is 56.2 Å². The number of benzene rings is 8. The van der Waals surface area contributed by atoms with Crippen molar-refractivity contribution in [2.75, 3.05) is 0 Å². The summed E-state index contributed by atoms with van der Waals surface area (Å²) in [6.45, 7) is 0. The van der Waals surface area contributed by atoms with Crippen LogP contribution in [0.1, 0.15) is 22.3 Å². The van der Waals surface area contributed by atoms with Crippen molar-refractivity contribution in [3.63, 3.8) is 0 Å². The number of imidazole rings is 1. The van der Waals surface area contributed by atoms with Gasteiger partial charge in [-0.3, -0.25) is 4.57 Å². The number of hydrogen-bond acceptors (Lipinski definition) is 2. The number of fused-ring (bicyclic) bond motifs is 13. The molecule has 260 valence electrons. The minimum Gasteiger partial charge on any atom is -0.292 e. The smallest absolute Gasteiger partial charge is 0.145 e. The minimum absolute atomic E-state index is 0.439. The molecule has 2 aliphatic carbocycles. The van der Waals surface area contributed by atoms with Gasteiger partial charge in [-0.25, -0.2) is 9.97 Å². The highest BCUT2D eigenvalue weighted by atomic mass is 15.1. The van der Waals surface area contributed by atoms with E-state index in [4.69, 9.17) is 9.97 Å². The molecule has 2 aromatic heterocycles. The van der Waals surface area contributed by atoms with E-state index in [1.807, 2.05) is 12.1 Å². The van der Waals surface area contributed by atoms with E-state index < -0.39 is 5.41 Å². The molecule has 10 aromatic rings. The molecule has 0 radical (unpaired) electrons. The Labute approximate surface area is 324 Å². The molecule has 0 atom stereocenters. The lowest BCUT2D eigenvalue weighted by Crippen LogP contribution is -2.26. The van der Waals surface area contributed by atoms with Gasteiger partial charge in [0.05, 0.1) is 27.8 Å². The van der Waals surface area contributed by atoms with Gasteiger partial charge < -0.3 is 0 Å². The molecule has 0 aliphatic heterocycles. The maximum absolute atomic E-state index is 5.65. The van der Waals surface area contributed by atoms with Gasteiger partial charge in [0.15, 0.2) is 0 Å². The van der Waals surface area contributed by atoms with Crippen LogP contribution >= 0.6 is 0 Å². The van der Waals surface area contributed by atoms with Crippen LogP contribution < -0.4 is 0 Å². The SMILES string of the molecule is c1ccc(-n2c(-c3ccc(-c4ccc(-c5nc6c(c7ccccc57)C5(c7ccccc7-c7ccccc75)c5ccccc5-6)cc4)cc3)nc3ccccc32)cc1. The molecule has 0 unspecified atom stereocenters. The standard InChI is InChI=1S/C53H33N3/c1-2-14-38(15-3-1)56-48-25-13-12-24-47(48)54-52(56)37-32-28-35(29-33-37)34-26-30-36(31-27-34)50-42-19-5-4-18-41(42)49-51(55-50)43-20-8-11-23-46(43)53(49)44-21-9-6-16-39(44)40-17-7-10-22-45(40)53/h1-33H. The summed E-state index contributed by atoms with van der Waals surface area (Å²) in [4.78, 5) is 10.7. The van der Waals surface area contributed by atoms with Crippen LogP contribution in [0.3, 0.4) is 0 Å². The van der Waals surface area contributed by atoms with Crippen LogP contribution in [0.5, 0.6) is 0 Å². The van der Waals surface area contributed by atoms with E-state index in [1.54, 1.807) is 0 Å². The number of aromatic nitrogens is 3. The maximum Gasteiger partial charge on any atom is 0.145 e. The first-order chi connectivity index (χ1) is 27.8. The van der Waals surface area contributed by atoms with Crippen molar-refractivity contribution in [3.05, 3.63) is 222 Å². The van der Waals surface area contributed by atoms with Gasteiger partial charge in [-0.2, -0.15) is 0 Å². The van der Waals surface area contributed by atoms with Crippen molar-refractivity contribution < 1.29 is 0 Å². The Kier molecular flexibility index (Phi) is 6.55. The van der Waals surface area contributed by atoms with Gasteiger partial charge in [-0.1, -0.05) is 176 Å². The molecule has 3 heteroatoms. The molecule has 0 saturated carbocycles. The van der Waals surface area contributed by atoms with Gasteiger partial charge in [0.1, 0.15) is 5.82 Å². The Morgan fingerprint density at radius 1 is 0.357 bits per heavy atom. The number of rotatable bonds is 4. The zero-order chi connectivity index (χ0) is 36.8. The number of nitrogens with zero attached hydrogens (tertiary/aromatic N) is 3. The minimum atomic E-state index is -0.439. The van der Waals surface area contributed by atoms with Crippen molar-refractivity contribution in [1.29, 1.82) is 0 Å². The summed E-state index contributed by atoms with van der Waals surface area (Å²) in [5.74, 6) is 0.932. The number of pyridine rings is 1. The predicted molar refractivity (Wildman–Crippen MR) is 229 cm³/mol. The first-order valence-electron chi connectivity index (χ1n) is 19.3. The van der Waals surface area contributed by atoms with Gasteiger partial charge in [0.2, 0.25) is 0 Å². The highest BCUT2D eigenvalue weighted by molar-refractivity contribution is 6.06. The fourth-order valence-electron chi connectivity index (χ4n) is 9.69. The van der Waals surface area contributed by atoms with Gasteiger partial charge in [0.25, 0.3) is 0 Å². The van der Waals surface area contributed by atoms with Gasteiger partial charge in [-0.15, -0.1) is 0 Å². The van der Waals surface area contributed by atoms with E-state index in [1.165, 1.54) is 49.7 Å². The summed E-state index contributed by atoms with van der Waals surface area (Å²) in [6, 6.07) is 72.2. The molecular weight excluding hydrogens is 679 g/mol. The molecule has 0 saturated heterocycles. The van der Waals surface area contributed by atoms with Crippen LogP contribution in [0.25, 0.3) is 83.6 Å². The van der Waals surface area contributed by atoms with Gasteiger partial charge >= 0.3 is 0 Å². The van der Waals surface area contributed by atoms with Crippen molar-refractivity contribution in [2.45, 2.75) is 5.41 Å². The average Bonchev–Trinajstić information content (AvgIpc) is 3.91. The normalized spacial score (nSPS) is 13.1. The Balaban J connectivity index is 0.973. The zero-order valence-corrected chi connectivity index (χ0v) is 30.4. The van der Waals surface area contributed by atoms with Crippen LogP contribution in [0.4, 0.5) is 0 Å². The molecule has 2 heterocycles. The fraction of sp³-hybridized carbons (Fsp3) is 0.0189. The lowest BCUT2D eigenvalue weighted by Gasteiger charge is -2.31. The summed E-state index contributed by atoms with van der Waals surface area (Å²) >= 11 is 0.